The predicted molar refractivity (Wildman–Crippen MR) is 91.0 cm³/mol. The maximum absolute atomic E-state index is 13.0. The average Bonchev–Trinajstić information content (AvgIpc) is 3.13. The second-order valence-corrected chi connectivity index (χ2v) is 7.05. The lowest BCUT2D eigenvalue weighted by molar-refractivity contribution is -0.146. The van der Waals surface area contributed by atoms with E-state index < -0.39 is 0 Å². The Morgan fingerprint density at radius 2 is 2.24 bits per heavy atom. The number of ether oxygens (including phenoxy) is 4. The zero-order valence-electron chi connectivity index (χ0n) is 14.7. The van der Waals surface area contributed by atoms with Gasteiger partial charge in [0.2, 0.25) is 6.79 Å². The number of rotatable bonds is 4. The fourth-order valence-electron chi connectivity index (χ4n) is 4.19. The number of fused-ring (bicyclic) bond motifs is 2. The fraction of sp³-hybridized carbons (Fsp3) is 0.632. The number of benzene rings is 1. The van der Waals surface area contributed by atoms with Gasteiger partial charge in [-0.25, -0.2) is 0 Å². The summed E-state index contributed by atoms with van der Waals surface area (Å²) >= 11 is 0. The van der Waals surface area contributed by atoms with Gasteiger partial charge in [0.25, 0.3) is 5.91 Å². The Morgan fingerprint density at radius 3 is 3.12 bits per heavy atom. The van der Waals surface area contributed by atoms with Crippen LogP contribution in [-0.2, 0) is 9.47 Å². The molecular weight excluding hydrogens is 322 g/mol. The molecule has 0 aliphatic carbocycles. The van der Waals surface area contributed by atoms with Gasteiger partial charge in [0.05, 0.1) is 12.7 Å². The van der Waals surface area contributed by atoms with Crippen molar-refractivity contribution >= 4 is 5.91 Å². The molecule has 0 unspecified atom stereocenters. The number of piperidine rings is 1. The molecule has 6 heteroatoms. The van der Waals surface area contributed by atoms with E-state index in [4.69, 9.17) is 18.9 Å². The van der Waals surface area contributed by atoms with Gasteiger partial charge >= 0.3 is 0 Å². The van der Waals surface area contributed by atoms with E-state index in [1.807, 2.05) is 24.0 Å². The topological polar surface area (TPSA) is 57.2 Å². The molecular formula is C19H25NO5. The summed E-state index contributed by atoms with van der Waals surface area (Å²) in [5.41, 5.74) is 0.560. The lowest BCUT2D eigenvalue weighted by atomic mass is 9.73. The van der Waals surface area contributed by atoms with Crippen LogP contribution in [0.4, 0.5) is 0 Å². The van der Waals surface area contributed by atoms with E-state index >= 15 is 0 Å². The molecule has 25 heavy (non-hydrogen) atoms. The van der Waals surface area contributed by atoms with Gasteiger partial charge < -0.3 is 23.8 Å². The summed E-state index contributed by atoms with van der Waals surface area (Å²) < 4.78 is 22.5. The Labute approximate surface area is 148 Å². The molecule has 6 nitrogen and oxygen atoms in total. The maximum Gasteiger partial charge on any atom is 0.254 e. The van der Waals surface area contributed by atoms with Crippen molar-refractivity contribution in [1.82, 2.24) is 4.90 Å². The normalized spacial score (nSPS) is 27.9. The number of hydrogen-bond donors (Lipinski definition) is 0. The first kappa shape index (κ1) is 16.7. The number of hydrogen-bond acceptors (Lipinski definition) is 5. The van der Waals surface area contributed by atoms with Gasteiger partial charge in [-0.2, -0.15) is 0 Å². The summed E-state index contributed by atoms with van der Waals surface area (Å²) in [6, 6.07) is 5.40. The molecule has 136 valence electrons. The van der Waals surface area contributed by atoms with Crippen molar-refractivity contribution in [3.05, 3.63) is 23.8 Å². The number of nitrogens with zero attached hydrogens (tertiary/aromatic N) is 1. The molecule has 0 radical (unpaired) electrons. The Morgan fingerprint density at radius 1 is 1.36 bits per heavy atom. The summed E-state index contributed by atoms with van der Waals surface area (Å²) in [5, 5.41) is 0. The van der Waals surface area contributed by atoms with Crippen LogP contribution in [0.5, 0.6) is 11.5 Å². The minimum Gasteiger partial charge on any atom is -0.454 e. The molecule has 1 amide bonds. The van der Waals surface area contributed by atoms with Crippen LogP contribution < -0.4 is 9.47 Å². The van der Waals surface area contributed by atoms with E-state index in [0.29, 0.717) is 43.4 Å². The fourth-order valence-corrected chi connectivity index (χ4v) is 4.19. The third-order valence-corrected chi connectivity index (χ3v) is 5.49. The lowest BCUT2D eigenvalue weighted by Gasteiger charge is -2.50. The molecule has 0 N–H and O–H groups in total. The van der Waals surface area contributed by atoms with Crippen LogP contribution in [0.2, 0.25) is 0 Å². The Hall–Kier alpha value is -1.79. The van der Waals surface area contributed by atoms with E-state index in [2.05, 4.69) is 0 Å². The summed E-state index contributed by atoms with van der Waals surface area (Å²) in [7, 11) is 0. The minimum atomic E-state index is -0.0848. The molecule has 3 heterocycles. The van der Waals surface area contributed by atoms with Crippen LogP contribution in [0.25, 0.3) is 0 Å². The van der Waals surface area contributed by atoms with Crippen molar-refractivity contribution in [1.29, 1.82) is 0 Å². The highest BCUT2D eigenvalue weighted by Crippen LogP contribution is 2.41. The predicted octanol–water partition coefficient (Wildman–Crippen LogP) is 2.46. The van der Waals surface area contributed by atoms with E-state index in [1.165, 1.54) is 0 Å². The Bertz CT molecular complexity index is 649. The quantitative estimate of drug-likeness (QED) is 0.837. The zero-order valence-corrected chi connectivity index (χ0v) is 14.7. The molecule has 2 atom stereocenters. The van der Waals surface area contributed by atoms with Crippen LogP contribution in [-0.4, -0.2) is 56.6 Å². The standard InChI is InChI=1S/C19H25NO5/c1-2-22-12-19-7-3-9-23-17(19)6-8-20(11-19)18(21)14-4-5-15-16(10-14)25-13-24-15/h4-5,10,17H,2-3,6-9,11-13H2,1H3/t17-,19-/m1/s1. The molecule has 4 rings (SSSR count). The minimum absolute atomic E-state index is 0.0400. The number of carbonyl (C=O) groups is 1. The van der Waals surface area contributed by atoms with Gasteiger partial charge in [-0.1, -0.05) is 0 Å². The average molecular weight is 347 g/mol. The first-order valence-corrected chi connectivity index (χ1v) is 9.10. The second kappa shape index (κ2) is 6.84. The molecule has 0 spiro atoms. The molecule has 2 saturated heterocycles. The van der Waals surface area contributed by atoms with Gasteiger partial charge in [-0.3, -0.25) is 4.79 Å². The number of carbonyl (C=O) groups excluding carboxylic acids is 1. The lowest BCUT2D eigenvalue weighted by Crippen LogP contribution is -2.58. The molecule has 0 aromatic heterocycles. The largest absolute Gasteiger partial charge is 0.454 e. The zero-order chi connectivity index (χ0) is 17.3. The van der Waals surface area contributed by atoms with Crippen LogP contribution in [0.1, 0.15) is 36.5 Å². The molecule has 1 aromatic rings. The number of likely N-dealkylation sites (tertiary alicyclic amines) is 1. The van der Waals surface area contributed by atoms with E-state index in [1.54, 1.807) is 6.07 Å². The van der Waals surface area contributed by atoms with Crippen LogP contribution in [0.3, 0.4) is 0 Å². The van der Waals surface area contributed by atoms with Gasteiger partial charge in [-0.05, 0) is 44.4 Å². The maximum atomic E-state index is 13.0. The summed E-state index contributed by atoms with van der Waals surface area (Å²) in [6.45, 7) is 5.77. The molecule has 0 bridgehead atoms. The van der Waals surface area contributed by atoms with Crippen molar-refractivity contribution in [2.45, 2.75) is 32.3 Å². The third kappa shape index (κ3) is 3.09. The van der Waals surface area contributed by atoms with Crippen molar-refractivity contribution in [2.75, 3.05) is 39.7 Å². The summed E-state index contributed by atoms with van der Waals surface area (Å²) in [6.07, 6.45) is 3.12. The van der Waals surface area contributed by atoms with Crippen molar-refractivity contribution in [3.8, 4) is 11.5 Å². The van der Waals surface area contributed by atoms with Gasteiger partial charge in [-0.15, -0.1) is 0 Å². The SMILES string of the molecule is CCOC[C@]12CCCO[C@@H]1CCN(C(=O)c1ccc3c(c1)OCO3)C2. The van der Waals surface area contributed by atoms with E-state index in [-0.39, 0.29) is 24.2 Å². The second-order valence-electron chi connectivity index (χ2n) is 7.05. The Balaban J connectivity index is 1.53. The molecule has 1 aromatic carbocycles. The highest BCUT2D eigenvalue weighted by atomic mass is 16.7. The monoisotopic (exact) mass is 347 g/mol. The first-order valence-electron chi connectivity index (χ1n) is 9.10. The molecule has 3 aliphatic heterocycles. The van der Waals surface area contributed by atoms with Gasteiger partial charge in [0.1, 0.15) is 0 Å². The van der Waals surface area contributed by atoms with Crippen molar-refractivity contribution in [3.63, 3.8) is 0 Å². The van der Waals surface area contributed by atoms with Crippen LogP contribution in [0, 0.1) is 5.41 Å². The van der Waals surface area contributed by atoms with Crippen LogP contribution in [0.15, 0.2) is 18.2 Å². The van der Waals surface area contributed by atoms with E-state index in [0.717, 1.165) is 25.9 Å². The third-order valence-electron chi connectivity index (χ3n) is 5.49. The summed E-state index contributed by atoms with van der Waals surface area (Å²) in [4.78, 5) is 15.0. The highest BCUT2D eigenvalue weighted by Gasteiger charge is 2.47. The highest BCUT2D eigenvalue weighted by molar-refractivity contribution is 5.95. The summed E-state index contributed by atoms with van der Waals surface area (Å²) in [5.74, 6) is 1.38. The van der Waals surface area contributed by atoms with E-state index in [9.17, 15) is 4.79 Å². The van der Waals surface area contributed by atoms with Gasteiger partial charge in [0.15, 0.2) is 11.5 Å². The molecule has 2 fully saturated rings. The van der Waals surface area contributed by atoms with Gasteiger partial charge in [0, 0.05) is 37.3 Å². The number of amides is 1. The van der Waals surface area contributed by atoms with Crippen LogP contribution >= 0.6 is 0 Å². The van der Waals surface area contributed by atoms with Crippen molar-refractivity contribution < 1.29 is 23.7 Å². The molecule has 0 saturated carbocycles. The first-order chi connectivity index (χ1) is 12.2. The molecule has 3 aliphatic rings. The van der Waals surface area contributed by atoms with Crippen molar-refractivity contribution in [2.24, 2.45) is 5.41 Å². The smallest absolute Gasteiger partial charge is 0.254 e. The Kier molecular flexibility index (Phi) is 4.56.